The minimum absolute atomic E-state index is 0.0603. The third kappa shape index (κ3) is 4.50. The first kappa shape index (κ1) is 18.6. The Labute approximate surface area is 156 Å². The molecule has 0 spiro atoms. The predicted octanol–water partition coefficient (Wildman–Crippen LogP) is 2.06. The Morgan fingerprint density at radius 3 is 2.59 bits per heavy atom. The maximum absolute atomic E-state index is 12.4. The minimum atomic E-state index is -3.41. The lowest BCUT2D eigenvalue weighted by molar-refractivity contribution is 0.0946. The average Bonchev–Trinajstić information content (AvgIpc) is 3.14. The molecule has 0 unspecified atom stereocenters. The number of benzene rings is 2. The minimum Gasteiger partial charge on any atom is -0.343 e. The van der Waals surface area contributed by atoms with Gasteiger partial charge < -0.3 is 9.84 Å². The van der Waals surface area contributed by atoms with Crippen LogP contribution in [-0.4, -0.2) is 37.8 Å². The lowest BCUT2D eigenvalue weighted by Gasteiger charge is -2.17. The van der Waals surface area contributed by atoms with Crippen LogP contribution in [0.4, 0.5) is 5.69 Å². The summed E-state index contributed by atoms with van der Waals surface area (Å²) in [5.74, 6) is 0.335. The highest BCUT2D eigenvalue weighted by atomic mass is 32.2. The van der Waals surface area contributed by atoms with Crippen LogP contribution < -0.4 is 9.62 Å². The van der Waals surface area contributed by atoms with Crippen LogP contribution in [0.15, 0.2) is 59.1 Å². The summed E-state index contributed by atoms with van der Waals surface area (Å²) in [5, 5.41) is 6.57. The van der Waals surface area contributed by atoms with Crippen molar-refractivity contribution < 1.29 is 17.7 Å². The van der Waals surface area contributed by atoms with Gasteiger partial charge in [0.25, 0.3) is 5.91 Å². The van der Waals surface area contributed by atoms with Crippen LogP contribution in [0.1, 0.15) is 16.2 Å². The fraction of sp³-hybridized carbons (Fsp3) is 0.167. The number of sulfonamides is 1. The Morgan fingerprint density at radius 2 is 1.89 bits per heavy atom. The van der Waals surface area contributed by atoms with Gasteiger partial charge in [-0.25, -0.2) is 8.42 Å². The number of hydrogen-bond acceptors (Lipinski definition) is 6. The van der Waals surface area contributed by atoms with E-state index in [0.717, 1.165) is 16.1 Å². The summed E-state index contributed by atoms with van der Waals surface area (Å²) in [4.78, 5) is 16.6. The molecule has 0 aliphatic heterocycles. The summed E-state index contributed by atoms with van der Waals surface area (Å²) in [7, 11) is -1.98. The predicted molar refractivity (Wildman–Crippen MR) is 101 cm³/mol. The molecule has 0 aliphatic rings. The van der Waals surface area contributed by atoms with Gasteiger partial charge in [-0.1, -0.05) is 41.6 Å². The lowest BCUT2D eigenvalue weighted by Crippen LogP contribution is -2.26. The Kier molecular flexibility index (Phi) is 5.22. The average molecular weight is 386 g/mol. The summed E-state index contributed by atoms with van der Waals surface area (Å²) in [5.41, 5.74) is 1.54. The van der Waals surface area contributed by atoms with E-state index in [4.69, 9.17) is 4.52 Å². The molecule has 0 radical (unpaired) electrons. The number of nitrogens with zero attached hydrogens (tertiary/aromatic N) is 3. The molecule has 2 aromatic carbocycles. The second kappa shape index (κ2) is 7.58. The summed E-state index contributed by atoms with van der Waals surface area (Å²) < 4.78 is 29.5. The van der Waals surface area contributed by atoms with E-state index in [1.54, 1.807) is 18.2 Å². The number of aromatic nitrogens is 2. The number of anilines is 1. The molecule has 1 aromatic heterocycles. The van der Waals surface area contributed by atoms with E-state index >= 15 is 0 Å². The second-order valence-corrected chi connectivity index (χ2v) is 7.86. The van der Waals surface area contributed by atoms with Crippen molar-refractivity contribution >= 4 is 21.6 Å². The summed E-state index contributed by atoms with van der Waals surface area (Å²) >= 11 is 0. The van der Waals surface area contributed by atoms with Gasteiger partial charge in [0.15, 0.2) is 0 Å². The Bertz CT molecular complexity index is 1050. The highest BCUT2D eigenvalue weighted by molar-refractivity contribution is 7.92. The van der Waals surface area contributed by atoms with Gasteiger partial charge in [-0.3, -0.25) is 9.10 Å². The first-order valence-corrected chi connectivity index (χ1v) is 9.89. The molecule has 3 rings (SSSR count). The van der Waals surface area contributed by atoms with Gasteiger partial charge in [-0.15, -0.1) is 0 Å². The topological polar surface area (TPSA) is 105 Å². The van der Waals surface area contributed by atoms with Gasteiger partial charge >= 0.3 is 0 Å². The fourth-order valence-electron chi connectivity index (χ4n) is 2.32. The van der Waals surface area contributed by atoms with Gasteiger partial charge in [0.1, 0.15) is 0 Å². The molecular weight excluding hydrogens is 368 g/mol. The highest BCUT2D eigenvalue weighted by Gasteiger charge is 2.15. The van der Waals surface area contributed by atoms with Crippen LogP contribution in [0.2, 0.25) is 0 Å². The summed E-state index contributed by atoms with van der Waals surface area (Å²) in [6, 6.07) is 15.7. The summed E-state index contributed by atoms with van der Waals surface area (Å²) in [6.07, 6.45) is 1.10. The molecule has 8 nitrogen and oxygen atoms in total. The normalized spacial score (nSPS) is 11.2. The van der Waals surface area contributed by atoms with E-state index in [-0.39, 0.29) is 18.3 Å². The monoisotopic (exact) mass is 386 g/mol. The van der Waals surface area contributed by atoms with Gasteiger partial charge in [0.05, 0.1) is 18.5 Å². The quantitative estimate of drug-likeness (QED) is 0.695. The Hall–Kier alpha value is -3.20. The van der Waals surface area contributed by atoms with Gasteiger partial charge in [0, 0.05) is 18.2 Å². The van der Waals surface area contributed by atoms with Crippen molar-refractivity contribution in [1.82, 2.24) is 15.5 Å². The maximum Gasteiger partial charge on any atom is 0.251 e. The largest absolute Gasteiger partial charge is 0.343 e. The van der Waals surface area contributed by atoms with Crippen molar-refractivity contribution in [2.45, 2.75) is 6.54 Å². The zero-order valence-corrected chi connectivity index (χ0v) is 15.6. The van der Waals surface area contributed by atoms with Crippen LogP contribution in [-0.2, 0) is 16.6 Å². The van der Waals surface area contributed by atoms with E-state index in [1.165, 1.54) is 13.1 Å². The molecular formula is C18H18N4O4S. The van der Waals surface area contributed by atoms with Crippen molar-refractivity contribution in [3.63, 3.8) is 0 Å². The van der Waals surface area contributed by atoms with Crippen molar-refractivity contribution in [2.24, 2.45) is 0 Å². The summed E-state index contributed by atoms with van der Waals surface area (Å²) in [6.45, 7) is 0.0603. The van der Waals surface area contributed by atoms with E-state index in [2.05, 4.69) is 15.5 Å². The molecule has 0 saturated carbocycles. The first-order valence-electron chi connectivity index (χ1n) is 8.05. The zero-order valence-electron chi connectivity index (χ0n) is 14.8. The molecule has 27 heavy (non-hydrogen) atoms. The van der Waals surface area contributed by atoms with Crippen LogP contribution in [0.5, 0.6) is 0 Å². The zero-order chi connectivity index (χ0) is 19.4. The Morgan fingerprint density at radius 1 is 1.15 bits per heavy atom. The molecule has 1 heterocycles. The molecule has 140 valence electrons. The smallest absolute Gasteiger partial charge is 0.251 e. The maximum atomic E-state index is 12.4. The van der Waals surface area contributed by atoms with Gasteiger partial charge in [0.2, 0.25) is 21.7 Å². The molecule has 0 bridgehead atoms. The van der Waals surface area contributed by atoms with E-state index < -0.39 is 10.0 Å². The van der Waals surface area contributed by atoms with Crippen molar-refractivity contribution in [2.75, 3.05) is 17.6 Å². The number of hydrogen-bond donors (Lipinski definition) is 1. The van der Waals surface area contributed by atoms with Crippen LogP contribution in [0.25, 0.3) is 11.4 Å². The van der Waals surface area contributed by atoms with E-state index in [1.807, 2.05) is 30.3 Å². The van der Waals surface area contributed by atoms with E-state index in [0.29, 0.717) is 17.1 Å². The second-order valence-electron chi connectivity index (χ2n) is 5.84. The molecule has 3 aromatic rings. The molecule has 1 N–H and O–H groups in total. The third-order valence-electron chi connectivity index (χ3n) is 3.87. The van der Waals surface area contributed by atoms with Gasteiger partial charge in [-0.05, 0) is 18.2 Å². The van der Waals surface area contributed by atoms with Crippen molar-refractivity contribution in [3.8, 4) is 11.4 Å². The number of rotatable bonds is 6. The number of nitrogens with one attached hydrogen (secondary N) is 1. The number of amides is 1. The van der Waals surface area contributed by atoms with Gasteiger partial charge in [-0.2, -0.15) is 4.98 Å². The lowest BCUT2D eigenvalue weighted by atomic mass is 10.2. The highest BCUT2D eigenvalue weighted by Crippen LogP contribution is 2.18. The van der Waals surface area contributed by atoms with Crippen LogP contribution >= 0.6 is 0 Å². The fourth-order valence-corrected chi connectivity index (χ4v) is 2.82. The molecule has 9 heteroatoms. The van der Waals surface area contributed by atoms with Crippen molar-refractivity contribution in [1.29, 1.82) is 0 Å². The molecule has 0 fully saturated rings. The van der Waals surface area contributed by atoms with E-state index in [9.17, 15) is 13.2 Å². The SMILES string of the molecule is CN(c1cccc(C(=O)NCc2nc(-c3ccccc3)no2)c1)S(C)(=O)=O. The third-order valence-corrected chi connectivity index (χ3v) is 5.08. The molecule has 0 saturated heterocycles. The Balaban J connectivity index is 1.67. The molecule has 0 aliphatic carbocycles. The molecule has 0 atom stereocenters. The standard InChI is InChI=1S/C18H18N4O4S/c1-22(27(2,24)25)15-10-6-9-14(11-15)18(23)19-12-16-20-17(21-26-16)13-7-4-3-5-8-13/h3-11H,12H2,1-2H3,(H,19,23). The first-order chi connectivity index (χ1) is 12.8. The number of carbonyl (C=O) groups excluding carboxylic acids is 1. The molecule has 1 amide bonds. The van der Waals surface area contributed by atoms with Crippen molar-refractivity contribution in [3.05, 3.63) is 66.1 Å². The van der Waals surface area contributed by atoms with Crippen LogP contribution in [0.3, 0.4) is 0 Å². The number of carbonyl (C=O) groups is 1. The van der Waals surface area contributed by atoms with Crippen LogP contribution in [0, 0.1) is 0 Å².